The highest BCUT2D eigenvalue weighted by molar-refractivity contribution is 7.92. The third-order valence-corrected chi connectivity index (χ3v) is 5.06. The Hall–Kier alpha value is -2.61. The molecule has 0 unspecified atom stereocenters. The Morgan fingerprint density at radius 1 is 1.19 bits per heavy atom. The Balaban J connectivity index is 2.18. The number of anilines is 1. The van der Waals surface area contributed by atoms with Crippen molar-refractivity contribution in [3.05, 3.63) is 59.9 Å². The predicted molar refractivity (Wildman–Crippen MR) is 98.0 cm³/mol. The summed E-state index contributed by atoms with van der Waals surface area (Å²) >= 11 is 0. The molecule has 0 aromatic heterocycles. The van der Waals surface area contributed by atoms with E-state index in [2.05, 4.69) is 5.32 Å². The van der Waals surface area contributed by atoms with Crippen LogP contribution in [0.15, 0.2) is 48.5 Å². The molecule has 2 rings (SSSR count). The Morgan fingerprint density at radius 3 is 2.38 bits per heavy atom. The number of carbonyl (C=O) groups is 1. The summed E-state index contributed by atoms with van der Waals surface area (Å²) in [4.78, 5) is 12.5. The number of carbonyl (C=O) groups excluding carboxylic acids is 1. The molecule has 6 nitrogen and oxygen atoms in total. The number of amides is 1. The van der Waals surface area contributed by atoms with E-state index in [0.29, 0.717) is 5.75 Å². The number of hydrogen-bond acceptors (Lipinski definition) is 4. The van der Waals surface area contributed by atoms with Crippen LogP contribution in [0.1, 0.15) is 12.5 Å². The van der Waals surface area contributed by atoms with Crippen LogP contribution in [0.4, 0.5) is 10.1 Å². The van der Waals surface area contributed by atoms with Gasteiger partial charge in [0.15, 0.2) is 0 Å². The number of nitrogens with one attached hydrogen (secondary N) is 1. The lowest BCUT2D eigenvalue weighted by Crippen LogP contribution is -2.47. The first-order valence-electron chi connectivity index (χ1n) is 7.88. The van der Waals surface area contributed by atoms with Gasteiger partial charge in [-0.1, -0.05) is 18.2 Å². The smallest absolute Gasteiger partial charge is 0.243 e. The summed E-state index contributed by atoms with van der Waals surface area (Å²) in [6.07, 6.45) is 1.00. The van der Waals surface area contributed by atoms with E-state index in [-0.39, 0.29) is 12.2 Å². The number of para-hydroxylation sites is 1. The zero-order chi connectivity index (χ0) is 19.3. The Morgan fingerprint density at radius 2 is 1.81 bits per heavy atom. The molecule has 0 spiro atoms. The summed E-state index contributed by atoms with van der Waals surface area (Å²) in [5.41, 5.74) is 0.983. The second-order valence-electron chi connectivity index (χ2n) is 5.74. The molecule has 2 aromatic rings. The number of methoxy groups -OCH3 is 1. The van der Waals surface area contributed by atoms with Crippen molar-refractivity contribution in [3.8, 4) is 5.75 Å². The van der Waals surface area contributed by atoms with Gasteiger partial charge in [0.05, 0.1) is 19.1 Å². The Bertz CT molecular complexity index is 869. The van der Waals surface area contributed by atoms with Crippen LogP contribution in [-0.4, -0.2) is 33.7 Å². The first kappa shape index (κ1) is 19.7. The second-order valence-corrected chi connectivity index (χ2v) is 7.60. The van der Waals surface area contributed by atoms with Gasteiger partial charge in [-0.15, -0.1) is 0 Å². The molecule has 0 heterocycles. The SMILES string of the molecule is COc1ccccc1CNC(=O)[C@@H](C)N(c1ccc(F)cc1)S(C)(=O)=O. The van der Waals surface area contributed by atoms with Gasteiger partial charge in [0.2, 0.25) is 15.9 Å². The van der Waals surface area contributed by atoms with Gasteiger partial charge in [-0.3, -0.25) is 9.10 Å². The highest BCUT2D eigenvalue weighted by atomic mass is 32.2. The summed E-state index contributed by atoms with van der Waals surface area (Å²) < 4.78 is 43.7. The molecule has 1 N–H and O–H groups in total. The standard InChI is InChI=1S/C18H21FN2O4S/c1-13(18(22)20-12-14-6-4-5-7-17(14)25-2)21(26(3,23)24)16-10-8-15(19)9-11-16/h4-11,13H,12H2,1-3H3,(H,20,22)/t13-/m1/s1. The molecule has 140 valence electrons. The molecular formula is C18H21FN2O4S. The van der Waals surface area contributed by atoms with Crippen LogP contribution >= 0.6 is 0 Å². The maximum absolute atomic E-state index is 13.1. The predicted octanol–water partition coefficient (Wildman–Crippen LogP) is 2.31. The average molecular weight is 380 g/mol. The number of halogens is 1. The minimum Gasteiger partial charge on any atom is -0.496 e. The summed E-state index contributed by atoms with van der Waals surface area (Å²) in [5, 5.41) is 2.71. The maximum Gasteiger partial charge on any atom is 0.243 e. The van der Waals surface area contributed by atoms with Gasteiger partial charge in [-0.05, 0) is 37.3 Å². The molecule has 0 radical (unpaired) electrons. The summed E-state index contributed by atoms with van der Waals surface area (Å²) in [7, 11) is -2.21. The summed E-state index contributed by atoms with van der Waals surface area (Å²) in [6, 6.07) is 11.1. The number of rotatable bonds is 7. The van der Waals surface area contributed by atoms with Gasteiger partial charge in [-0.2, -0.15) is 0 Å². The van der Waals surface area contributed by atoms with Crippen LogP contribution < -0.4 is 14.4 Å². The number of benzene rings is 2. The molecule has 0 fully saturated rings. The Labute approximate surface area is 152 Å². The largest absolute Gasteiger partial charge is 0.496 e. The van der Waals surface area contributed by atoms with Crippen molar-refractivity contribution in [2.75, 3.05) is 17.7 Å². The topological polar surface area (TPSA) is 75.7 Å². The number of hydrogen-bond donors (Lipinski definition) is 1. The van der Waals surface area contributed by atoms with E-state index in [9.17, 15) is 17.6 Å². The van der Waals surface area contributed by atoms with Crippen molar-refractivity contribution in [1.29, 1.82) is 0 Å². The van der Waals surface area contributed by atoms with E-state index in [1.54, 1.807) is 12.1 Å². The van der Waals surface area contributed by atoms with Crippen molar-refractivity contribution >= 4 is 21.6 Å². The van der Waals surface area contributed by atoms with Crippen molar-refractivity contribution in [2.24, 2.45) is 0 Å². The second kappa shape index (κ2) is 8.18. The normalized spacial score (nSPS) is 12.3. The Kier molecular flexibility index (Phi) is 6.20. The van der Waals surface area contributed by atoms with Gasteiger partial charge in [0.1, 0.15) is 17.6 Å². The van der Waals surface area contributed by atoms with Gasteiger partial charge >= 0.3 is 0 Å². The molecule has 2 aromatic carbocycles. The van der Waals surface area contributed by atoms with Crippen molar-refractivity contribution in [2.45, 2.75) is 19.5 Å². The van der Waals surface area contributed by atoms with Crippen molar-refractivity contribution in [3.63, 3.8) is 0 Å². The lowest BCUT2D eigenvalue weighted by Gasteiger charge is -2.28. The van der Waals surface area contributed by atoms with Crippen LogP contribution in [0.2, 0.25) is 0 Å². The third-order valence-electron chi connectivity index (χ3n) is 3.82. The van der Waals surface area contributed by atoms with Crippen LogP contribution in [0.25, 0.3) is 0 Å². The zero-order valence-electron chi connectivity index (χ0n) is 14.8. The molecular weight excluding hydrogens is 359 g/mol. The molecule has 0 bridgehead atoms. The maximum atomic E-state index is 13.1. The van der Waals surface area contributed by atoms with Crippen molar-refractivity contribution < 1.29 is 22.3 Å². The fourth-order valence-corrected chi connectivity index (χ4v) is 3.75. The molecule has 1 amide bonds. The average Bonchev–Trinajstić information content (AvgIpc) is 2.60. The van der Waals surface area contributed by atoms with E-state index in [1.165, 1.54) is 26.2 Å². The first-order chi connectivity index (χ1) is 12.2. The summed E-state index contributed by atoms with van der Waals surface area (Å²) in [5.74, 6) is -0.347. The van der Waals surface area contributed by atoms with Crippen LogP contribution in [-0.2, 0) is 21.4 Å². The van der Waals surface area contributed by atoms with Gasteiger partial charge in [0, 0.05) is 12.1 Å². The minimum atomic E-state index is -3.75. The molecule has 8 heteroatoms. The van der Waals surface area contributed by atoms with Gasteiger partial charge < -0.3 is 10.1 Å². The fraction of sp³-hybridized carbons (Fsp3) is 0.278. The van der Waals surface area contributed by atoms with Crippen molar-refractivity contribution in [1.82, 2.24) is 5.32 Å². The monoisotopic (exact) mass is 380 g/mol. The minimum absolute atomic E-state index is 0.189. The number of sulfonamides is 1. The van der Waals surface area contributed by atoms with E-state index in [0.717, 1.165) is 28.3 Å². The van der Waals surface area contributed by atoms with Crippen LogP contribution in [0.5, 0.6) is 5.75 Å². The quantitative estimate of drug-likeness (QED) is 0.800. The molecule has 26 heavy (non-hydrogen) atoms. The van der Waals surface area contributed by atoms with Gasteiger partial charge in [0.25, 0.3) is 0 Å². The van der Waals surface area contributed by atoms with Gasteiger partial charge in [-0.25, -0.2) is 12.8 Å². The number of nitrogens with zero attached hydrogens (tertiary/aromatic N) is 1. The molecule has 0 aliphatic rings. The first-order valence-corrected chi connectivity index (χ1v) is 9.73. The molecule has 0 saturated heterocycles. The zero-order valence-corrected chi connectivity index (χ0v) is 15.6. The van der Waals surface area contributed by atoms with E-state index in [4.69, 9.17) is 4.74 Å². The fourth-order valence-electron chi connectivity index (χ4n) is 2.58. The number of ether oxygens (including phenoxy) is 1. The van der Waals surface area contributed by atoms with E-state index < -0.39 is 27.8 Å². The third kappa shape index (κ3) is 4.72. The van der Waals surface area contributed by atoms with Crippen LogP contribution in [0, 0.1) is 5.82 Å². The highest BCUT2D eigenvalue weighted by Crippen LogP contribution is 2.22. The lowest BCUT2D eigenvalue weighted by atomic mass is 10.2. The molecule has 0 aliphatic carbocycles. The van der Waals surface area contributed by atoms with E-state index >= 15 is 0 Å². The molecule has 1 atom stereocenters. The summed E-state index contributed by atoms with van der Waals surface area (Å²) in [6.45, 7) is 1.66. The van der Waals surface area contributed by atoms with E-state index in [1.807, 2.05) is 12.1 Å². The van der Waals surface area contributed by atoms with Crippen LogP contribution in [0.3, 0.4) is 0 Å². The highest BCUT2D eigenvalue weighted by Gasteiger charge is 2.29. The molecule has 0 saturated carbocycles. The lowest BCUT2D eigenvalue weighted by molar-refractivity contribution is -0.122. The molecule has 0 aliphatic heterocycles.